The van der Waals surface area contributed by atoms with Crippen LogP contribution in [0.4, 0.5) is 10.1 Å². The zero-order valence-electron chi connectivity index (χ0n) is 16.5. The van der Waals surface area contributed by atoms with E-state index in [1.807, 2.05) is 0 Å². The number of hydrogen-bond donors (Lipinski definition) is 1. The molecule has 0 spiro atoms. The quantitative estimate of drug-likeness (QED) is 0.289. The number of nitrogens with zero attached hydrogens (tertiary/aromatic N) is 1. The summed E-state index contributed by atoms with van der Waals surface area (Å²) in [7, 11) is 0. The minimum atomic E-state index is -0.764. The van der Waals surface area contributed by atoms with Gasteiger partial charge >= 0.3 is 0 Å². The molecular formula is C22H18ClFN2O4S. The molecule has 160 valence electrons. The molecule has 1 N–H and O–H groups in total. The predicted molar refractivity (Wildman–Crippen MR) is 121 cm³/mol. The molecule has 31 heavy (non-hydrogen) atoms. The van der Waals surface area contributed by atoms with Gasteiger partial charge in [-0.3, -0.25) is 14.9 Å². The van der Waals surface area contributed by atoms with Crippen LogP contribution in [-0.4, -0.2) is 30.1 Å². The van der Waals surface area contributed by atoms with Gasteiger partial charge in [0, 0.05) is 0 Å². The number of benzene rings is 2. The monoisotopic (exact) mass is 460 g/mol. The molecule has 2 amide bonds. The third-order valence-corrected chi connectivity index (χ3v) is 4.75. The summed E-state index contributed by atoms with van der Waals surface area (Å²) < 4.78 is 25.4. The zero-order chi connectivity index (χ0) is 22.5. The summed E-state index contributed by atoms with van der Waals surface area (Å²) in [5.41, 5.74) is 0.110. The second kappa shape index (κ2) is 9.72. The van der Waals surface area contributed by atoms with Gasteiger partial charge in [-0.1, -0.05) is 36.4 Å². The number of amides is 2. The summed E-state index contributed by atoms with van der Waals surface area (Å²) in [6, 6.07) is 8.74. The van der Waals surface area contributed by atoms with Gasteiger partial charge in [-0.25, -0.2) is 9.29 Å². The van der Waals surface area contributed by atoms with Crippen LogP contribution in [0, 0.1) is 5.82 Å². The van der Waals surface area contributed by atoms with Crippen molar-refractivity contribution >= 4 is 52.5 Å². The molecule has 0 aliphatic carbocycles. The molecular weight excluding hydrogens is 443 g/mol. The Labute approximate surface area is 188 Å². The van der Waals surface area contributed by atoms with E-state index in [0.717, 1.165) is 4.90 Å². The van der Waals surface area contributed by atoms with Crippen molar-refractivity contribution in [1.29, 1.82) is 0 Å². The Kier molecular flexibility index (Phi) is 7.04. The summed E-state index contributed by atoms with van der Waals surface area (Å²) in [5, 5.41) is 2.43. The molecule has 6 nitrogen and oxygen atoms in total. The summed E-state index contributed by atoms with van der Waals surface area (Å²) in [5.74, 6) is -1.46. The highest BCUT2D eigenvalue weighted by molar-refractivity contribution is 7.80. The van der Waals surface area contributed by atoms with Crippen molar-refractivity contribution in [2.75, 3.05) is 18.1 Å². The highest BCUT2D eigenvalue weighted by atomic mass is 35.5. The Morgan fingerprint density at radius 1 is 1.26 bits per heavy atom. The second-order valence-corrected chi connectivity index (χ2v) is 7.07. The van der Waals surface area contributed by atoms with E-state index in [-0.39, 0.29) is 28.0 Å². The van der Waals surface area contributed by atoms with Crippen LogP contribution in [0.2, 0.25) is 5.02 Å². The average Bonchev–Trinajstić information content (AvgIpc) is 2.72. The van der Waals surface area contributed by atoms with E-state index in [1.165, 1.54) is 30.3 Å². The van der Waals surface area contributed by atoms with E-state index in [4.69, 9.17) is 33.3 Å². The Morgan fingerprint density at radius 2 is 2.00 bits per heavy atom. The number of anilines is 1. The van der Waals surface area contributed by atoms with Crippen molar-refractivity contribution in [2.45, 2.75) is 6.92 Å². The molecule has 1 fully saturated rings. The van der Waals surface area contributed by atoms with Crippen LogP contribution in [-0.2, 0) is 9.59 Å². The molecule has 0 atom stereocenters. The average molecular weight is 461 g/mol. The lowest BCUT2D eigenvalue weighted by Crippen LogP contribution is -2.54. The molecule has 0 saturated carbocycles. The smallest absolute Gasteiger partial charge is 0.270 e. The van der Waals surface area contributed by atoms with Gasteiger partial charge in [-0.05, 0) is 55.0 Å². The number of carbonyl (C=O) groups excluding carboxylic acids is 2. The summed E-state index contributed by atoms with van der Waals surface area (Å²) in [6.45, 7) is 5.95. The minimum absolute atomic E-state index is 0.0652. The van der Waals surface area contributed by atoms with Gasteiger partial charge in [-0.15, -0.1) is 0 Å². The number of thiocarbonyl (C=S) groups is 1. The first-order chi connectivity index (χ1) is 14.9. The van der Waals surface area contributed by atoms with E-state index < -0.39 is 17.6 Å². The molecule has 9 heteroatoms. The highest BCUT2D eigenvalue weighted by Crippen LogP contribution is 2.37. The van der Waals surface area contributed by atoms with Crippen molar-refractivity contribution in [1.82, 2.24) is 5.32 Å². The first-order valence-corrected chi connectivity index (χ1v) is 10.0. The topological polar surface area (TPSA) is 67.9 Å². The van der Waals surface area contributed by atoms with Gasteiger partial charge in [0.1, 0.15) is 18.0 Å². The minimum Gasteiger partial charge on any atom is -0.490 e. The highest BCUT2D eigenvalue weighted by Gasteiger charge is 2.35. The summed E-state index contributed by atoms with van der Waals surface area (Å²) >= 11 is 11.4. The lowest BCUT2D eigenvalue weighted by molar-refractivity contribution is -0.122. The summed E-state index contributed by atoms with van der Waals surface area (Å²) in [6.07, 6.45) is 2.89. The number of rotatable bonds is 7. The predicted octanol–water partition coefficient (Wildman–Crippen LogP) is 4.27. The normalized spacial score (nSPS) is 15.1. The number of halogens is 2. The molecule has 3 rings (SSSR count). The fraction of sp³-hybridized carbons (Fsp3) is 0.136. The van der Waals surface area contributed by atoms with Gasteiger partial charge < -0.3 is 9.47 Å². The fourth-order valence-electron chi connectivity index (χ4n) is 2.89. The molecule has 1 aliphatic rings. The van der Waals surface area contributed by atoms with Gasteiger partial charge in [0.2, 0.25) is 0 Å². The number of hydrogen-bond acceptors (Lipinski definition) is 5. The van der Waals surface area contributed by atoms with Gasteiger partial charge in [0.25, 0.3) is 11.8 Å². The largest absolute Gasteiger partial charge is 0.490 e. The van der Waals surface area contributed by atoms with Crippen LogP contribution in [0.5, 0.6) is 11.5 Å². The second-order valence-electron chi connectivity index (χ2n) is 6.27. The maximum atomic E-state index is 14.3. The SMILES string of the molecule is C=CCOc1c(Cl)cc(/C=C2\C(=O)NC(=S)N(c3ccccc3F)C2=O)cc1OCC. The Balaban J connectivity index is 2.04. The van der Waals surface area contributed by atoms with Crippen molar-refractivity contribution < 1.29 is 23.5 Å². The number of ether oxygens (including phenoxy) is 2. The number of para-hydroxylation sites is 1. The van der Waals surface area contributed by atoms with Crippen molar-refractivity contribution in [3.05, 3.63) is 71.0 Å². The van der Waals surface area contributed by atoms with Gasteiger partial charge in [-0.2, -0.15) is 0 Å². The maximum Gasteiger partial charge on any atom is 0.270 e. The van der Waals surface area contributed by atoms with Crippen LogP contribution >= 0.6 is 23.8 Å². The molecule has 0 bridgehead atoms. The summed E-state index contributed by atoms with van der Waals surface area (Å²) in [4.78, 5) is 26.5. The molecule has 2 aromatic carbocycles. The molecule has 1 aliphatic heterocycles. The molecule has 2 aromatic rings. The first-order valence-electron chi connectivity index (χ1n) is 9.23. The Bertz CT molecular complexity index is 1100. The van der Waals surface area contributed by atoms with E-state index >= 15 is 0 Å². The van der Waals surface area contributed by atoms with Crippen molar-refractivity contribution in [3.8, 4) is 11.5 Å². The van der Waals surface area contributed by atoms with Gasteiger partial charge in [0.05, 0.1) is 17.3 Å². The van der Waals surface area contributed by atoms with E-state index in [0.29, 0.717) is 23.7 Å². The van der Waals surface area contributed by atoms with Crippen LogP contribution in [0.1, 0.15) is 12.5 Å². The molecule has 0 radical (unpaired) electrons. The number of carbonyl (C=O) groups is 2. The Morgan fingerprint density at radius 3 is 2.68 bits per heavy atom. The Hall–Kier alpha value is -3.23. The zero-order valence-corrected chi connectivity index (χ0v) is 18.1. The molecule has 0 aromatic heterocycles. The maximum absolute atomic E-state index is 14.3. The standard InChI is InChI=1S/C22H18ClFN2O4S/c1-3-9-30-19-15(23)11-13(12-18(19)29-4-2)10-14-20(27)25-22(31)26(21(14)28)17-8-6-5-7-16(17)24/h3,5-8,10-12H,1,4,9H2,2H3,(H,25,27,31)/b14-10+. The van der Waals surface area contributed by atoms with E-state index in [2.05, 4.69) is 11.9 Å². The third kappa shape index (κ3) is 4.76. The lowest BCUT2D eigenvalue weighted by atomic mass is 10.1. The number of nitrogens with one attached hydrogen (secondary N) is 1. The fourth-order valence-corrected chi connectivity index (χ4v) is 3.44. The third-order valence-electron chi connectivity index (χ3n) is 4.18. The van der Waals surface area contributed by atoms with E-state index in [9.17, 15) is 14.0 Å². The molecule has 1 saturated heterocycles. The van der Waals surface area contributed by atoms with Gasteiger partial charge in [0.15, 0.2) is 16.6 Å². The van der Waals surface area contributed by atoms with Crippen LogP contribution in [0.25, 0.3) is 6.08 Å². The van der Waals surface area contributed by atoms with E-state index in [1.54, 1.807) is 25.1 Å². The van der Waals surface area contributed by atoms with Crippen LogP contribution in [0.15, 0.2) is 54.6 Å². The van der Waals surface area contributed by atoms with Crippen LogP contribution in [0.3, 0.4) is 0 Å². The lowest BCUT2D eigenvalue weighted by Gasteiger charge is -2.29. The first kappa shape index (κ1) is 22.5. The molecule has 1 heterocycles. The van der Waals surface area contributed by atoms with Crippen molar-refractivity contribution in [2.24, 2.45) is 0 Å². The van der Waals surface area contributed by atoms with Crippen molar-refractivity contribution in [3.63, 3.8) is 0 Å². The van der Waals surface area contributed by atoms with Crippen LogP contribution < -0.4 is 19.7 Å². The molecule has 0 unspecified atom stereocenters.